The molecule has 0 bridgehead atoms. The van der Waals surface area contributed by atoms with Crippen LogP contribution in [0.1, 0.15) is 74.9 Å². The van der Waals surface area contributed by atoms with E-state index in [0.29, 0.717) is 12.2 Å². The van der Waals surface area contributed by atoms with Gasteiger partial charge in [0.25, 0.3) is 5.91 Å². The van der Waals surface area contributed by atoms with Crippen LogP contribution in [-0.4, -0.2) is 24.6 Å². The number of anilines is 1. The number of aryl methyl sites for hydroxylation is 2. The van der Waals surface area contributed by atoms with Crippen molar-refractivity contribution in [3.05, 3.63) is 59.2 Å². The van der Waals surface area contributed by atoms with E-state index in [0.717, 1.165) is 48.2 Å². The van der Waals surface area contributed by atoms with Crippen molar-refractivity contribution < 1.29 is 19.1 Å². The van der Waals surface area contributed by atoms with Gasteiger partial charge in [0.1, 0.15) is 5.75 Å². The molecular weight excluding hydrogens is 390 g/mol. The van der Waals surface area contributed by atoms with E-state index >= 15 is 0 Å². The van der Waals surface area contributed by atoms with E-state index in [1.807, 2.05) is 32.0 Å². The average molecular weight is 426 g/mol. The zero-order chi connectivity index (χ0) is 22.6. The molecule has 168 valence electrons. The monoisotopic (exact) mass is 425 g/mol. The molecular formula is C26H35NO4. The smallest absolute Gasteiger partial charge is 0.338 e. The molecule has 5 nitrogen and oxygen atoms in total. The first-order valence-electron chi connectivity index (χ1n) is 11.4. The summed E-state index contributed by atoms with van der Waals surface area (Å²) in [4.78, 5) is 25.1. The molecule has 0 fully saturated rings. The molecule has 0 heterocycles. The molecule has 1 amide bonds. The number of ether oxygens (including phenoxy) is 2. The molecule has 1 atom stereocenters. The minimum absolute atomic E-state index is 0.337. The Bertz CT molecular complexity index is 823. The summed E-state index contributed by atoms with van der Waals surface area (Å²) in [6, 6.07) is 12.8. The summed E-state index contributed by atoms with van der Waals surface area (Å²) in [5, 5.41) is 2.95. The normalized spacial score (nSPS) is 11.6. The Kier molecular flexibility index (Phi) is 10.1. The Morgan fingerprint density at radius 2 is 1.55 bits per heavy atom. The van der Waals surface area contributed by atoms with Crippen molar-refractivity contribution in [2.75, 3.05) is 11.9 Å². The molecule has 1 unspecified atom stereocenters. The van der Waals surface area contributed by atoms with Crippen LogP contribution in [0, 0.1) is 0 Å². The third-order valence-corrected chi connectivity index (χ3v) is 5.26. The number of amides is 1. The van der Waals surface area contributed by atoms with E-state index in [-0.39, 0.29) is 5.91 Å². The molecule has 0 aliphatic heterocycles. The Balaban J connectivity index is 1.91. The summed E-state index contributed by atoms with van der Waals surface area (Å²) < 4.78 is 11.1. The fraction of sp³-hybridized carbons (Fsp3) is 0.462. The third-order valence-electron chi connectivity index (χ3n) is 5.26. The molecule has 0 spiro atoms. The lowest BCUT2D eigenvalue weighted by molar-refractivity contribution is -0.123. The maximum Gasteiger partial charge on any atom is 0.338 e. The number of nitrogens with one attached hydrogen (secondary N) is 1. The standard InChI is InChI=1S/C26H35NO4/c1-5-8-9-10-18-30-23-16-14-22(15-17-23)26(29)31-19(4)25(28)27-24-20(6-2)12-11-13-21(24)7-3/h11-17,19H,5-10,18H2,1-4H3,(H,27,28). The molecule has 0 radical (unpaired) electrons. The number of esters is 1. The molecule has 31 heavy (non-hydrogen) atoms. The van der Waals surface area contributed by atoms with Gasteiger partial charge in [-0.3, -0.25) is 4.79 Å². The lowest BCUT2D eigenvalue weighted by Crippen LogP contribution is -2.30. The van der Waals surface area contributed by atoms with Gasteiger partial charge in [0.05, 0.1) is 12.2 Å². The fourth-order valence-corrected chi connectivity index (χ4v) is 3.32. The van der Waals surface area contributed by atoms with Crippen LogP contribution in [-0.2, 0) is 22.4 Å². The molecule has 0 saturated heterocycles. The van der Waals surface area contributed by atoms with Gasteiger partial charge in [-0.05, 0) is 61.6 Å². The van der Waals surface area contributed by atoms with Crippen molar-refractivity contribution in [2.45, 2.75) is 72.3 Å². The van der Waals surface area contributed by atoms with Crippen LogP contribution in [0.4, 0.5) is 5.69 Å². The van der Waals surface area contributed by atoms with Crippen molar-refractivity contribution in [1.29, 1.82) is 0 Å². The molecule has 1 N–H and O–H groups in total. The summed E-state index contributed by atoms with van der Waals surface area (Å²) in [7, 11) is 0. The van der Waals surface area contributed by atoms with E-state index < -0.39 is 12.1 Å². The zero-order valence-corrected chi connectivity index (χ0v) is 19.2. The number of rotatable bonds is 12. The Hall–Kier alpha value is -2.82. The van der Waals surface area contributed by atoms with Gasteiger partial charge < -0.3 is 14.8 Å². The summed E-state index contributed by atoms with van der Waals surface area (Å²) in [6.07, 6.45) is 5.29. The van der Waals surface area contributed by atoms with Crippen molar-refractivity contribution in [2.24, 2.45) is 0 Å². The maximum absolute atomic E-state index is 12.7. The molecule has 2 rings (SSSR count). The van der Waals surface area contributed by atoms with Crippen molar-refractivity contribution in [3.63, 3.8) is 0 Å². The van der Waals surface area contributed by atoms with E-state index in [1.165, 1.54) is 12.8 Å². The fourth-order valence-electron chi connectivity index (χ4n) is 3.32. The number of carbonyl (C=O) groups excluding carboxylic acids is 2. The van der Waals surface area contributed by atoms with Gasteiger partial charge in [0, 0.05) is 5.69 Å². The SMILES string of the molecule is CCCCCCOc1ccc(C(=O)OC(C)C(=O)Nc2c(CC)cccc2CC)cc1. The molecule has 2 aromatic carbocycles. The zero-order valence-electron chi connectivity index (χ0n) is 19.2. The van der Waals surface area contributed by atoms with Gasteiger partial charge in [-0.25, -0.2) is 4.79 Å². The van der Waals surface area contributed by atoms with Crippen LogP contribution in [0.5, 0.6) is 5.75 Å². The Morgan fingerprint density at radius 1 is 0.903 bits per heavy atom. The Morgan fingerprint density at radius 3 is 2.13 bits per heavy atom. The lowest BCUT2D eigenvalue weighted by atomic mass is 10.0. The second-order valence-corrected chi connectivity index (χ2v) is 7.63. The number of para-hydroxylation sites is 1. The minimum Gasteiger partial charge on any atom is -0.494 e. The van der Waals surface area contributed by atoms with Crippen LogP contribution in [0.15, 0.2) is 42.5 Å². The average Bonchev–Trinajstić information content (AvgIpc) is 2.79. The first kappa shape index (κ1) is 24.4. The highest BCUT2D eigenvalue weighted by Crippen LogP contribution is 2.23. The van der Waals surface area contributed by atoms with Crippen LogP contribution in [0.3, 0.4) is 0 Å². The predicted molar refractivity (Wildman–Crippen MR) is 125 cm³/mol. The van der Waals surface area contributed by atoms with Crippen molar-refractivity contribution in [3.8, 4) is 5.75 Å². The van der Waals surface area contributed by atoms with E-state index in [2.05, 4.69) is 12.2 Å². The summed E-state index contributed by atoms with van der Waals surface area (Å²) >= 11 is 0. The highest BCUT2D eigenvalue weighted by Gasteiger charge is 2.21. The number of carbonyl (C=O) groups is 2. The molecule has 5 heteroatoms. The second-order valence-electron chi connectivity index (χ2n) is 7.63. The number of hydrogen-bond donors (Lipinski definition) is 1. The molecule has 2 aromatic rings. The number of benzene rings is 2. The van der Waals surface area contributed by atoms with Gasteiger partial charge in [-0.2, -0.15) is 0 Å². The van der Waals surface area contributed by atoms with E-state index in [9.17, 15) is 9.59 Å². The minimum atomic E-state index is -0.906. The first-order valence-corrected chi connectivity index (χ1v) is 11.4. The van der Waals surface area contributed by atoms with Crippen LogP contribution >= 0.6 is 0 Å². The summed E-state index contributed by atoms with van der Waals surface area (Å²) in [5.41, 5.74) is 3.34. The third kappa shape index (κ3) is 7.42. The van der Waals surface area contributed by atoms with E-state index in [1.54, 1.807) is 31.2 Å². The van der Waals surface area contributed by atoms with E-state index in [4.69, 9.17) is 9.47 Å². The summed E-state index contributed by atoms with van der Waals surface area (Å²) in [6.45, 7) is 8.52. The molecule has 0 aliphatic carbocycles. The molecule has 0 aliphatic rings. The van der Waals surface area contributed by atoms with Crippen molar-refractivity contribution >= 4 is 17.6 Å². The van der Waals surface area contributed by atoms with Gasteiger partial charge in [-0.15, -0.1) is 0 Å². The molecule has 0 saturated carbocycles. The van der Waals surface area contributed by atoms with Gasteiger partial charge in [0.2, 0.25) is 0 Å². The van der Waals surface area contributed by atoms with Gasteiger partial charge in [0.15, 0.2) is 6.10 Å². The molecule has 0 aromatic heterocycles. The van der Waals surface area contributed by atoms with Crippen LogP contribution in [0.2, 0.25) is 0 Å². The number of unbranched alkanes of at least 4 members (excludes halogenated alkanes) is 3. The largest absolute Gasteiger partial charge is 0.494 e. The highest BCUT2D eigenvalue weighted by atomic mass is 16.5. The predicted octanol–water partition coefficient (Wildman–Crippen LogP) is 5.95. The highest BCUT2D eigenvalue weighted by molar-refractivity contribution is 5.98. The second kappa shape index (κ2) is 12.8. The van der Waals surface area contributed by atoms with Crippen LogP contribution in [0.25, 0.3) is 0 Å². The first-order chi connectivity index (χ1) is 15.0. The lowest BCUT2D eigenvalue weighted by Gasteiger charge is -2.18. The summed E-state index contributed by atoms with van der Waals surface area (Å²) in [5.74, 6) is -0.144. The maximum atomic E-state index is 12.7. The Labute approximate surface area is 186 Å². The van der Waals surface area contributed by atoms with Gasteiger partial charge in [-0.1, -0.05) is 58.2 Å². The van der Waals surface area contributed by atoms with Crippen LogP contribution < -0.4 is 10.1 Å². The van der Waals surface area contributed by atoms with Crippen molar-refractivity contribution in [1.82, 2.24) is 0 Å². The number of hydrogen-bond acceptors (Lipinski definition) is 4. The quantitative estimate of drug-likeness (QED) is 0.337. The topological polar surface area (TPSA) is 64.6 Å². The van der Waals surface area contributed by atoms with Gasteiger partial charge >= 0.3 is 5.97 Å².